The number of rotatable bonds is 7. The molecule has 1 saturated carbocycles. The molecule has 0 radical (unpaired) electrons. The van der Waals surface area contributed by atoms with Crippen molar-refractivity contribution in [3.05, 3.63) is 41.4 Å². The second-order valence-electron chi connectivity index (χ2n) is 10.6. The van der Waals surface area contributed by atoms with Crippen LogP contribution < -0.4 is 0 Å². The molecule has 1 fully saturated rings. The first kappa shape index (κ1) is 24.3. The van der Waals surface area contributed by atoms with E-state index >= 15 is 0 Å². The normalized spacial score (nSPS) is 19.9. The Bertz CT molecular complexity index is 588. The number of hydrogen-bond acceptors (Lipinski definition) is 0. The third-order valence-corrected chi connectivity index (χ3v) is 8.03. The van der Waals surface area contributed by atoms with E-state index in [0.717, 1.165) is 17.8 Å². The number of allylic oxidation sites excluding steroid dienone is 2. The number of benzene rings is 1. The fraction of sp³-hybridized carbons (Fsp3) is 0.714. The summed E-state index contributed by atoms with van der Waals surface area (Å²) in [7, 11) is 0. The Labute approximate surface area is 183 Å². The topological polar surface area (TPSA) is 0 Å². The van der Waals surface area contributed by atoms with Gasteiger partial charge in [-0.3, -0.25) is 0 Å². The van der Waals surface area contributed by atoms with Crippen LogP contribution in [0.25, 0.3) is 5.57 Å². The summed E-state index contributed by atoms with van der Waals surface area (Å²) in [5.41, 5.74) is 4.85. The molecular formula is C28H47B. The van der Waals surface area contributed by atoms with Gasteiger partial charge < -0.3 is 0 Å². The van der Waals surface area contributed by atoms with Crippen LogP contribution in [-0.2, 0) is 0 Å². The molecule has 0 aromatic heterocycles. The van der Waals surface area contributed by atoms with Crippen LogP contribution in [0.4, 0.5) is 0 Å². The summed E-state index contributed by atoms with van der Waals surface area (Å²) in [6.07, 6.45) is 11.4. The largest absolute Gasteiger partial charge is 0.177 e. The van der Waals surface area contributed by atoms with Gasteiger partial charge in [0.2, 0.25) is 0 Å². The highest BCUT2D eigenvalue weighted by molar-refractivity contribution is 6.71. The molecule has 0 aliphatic heterocycles. The lowest BCUT2D eigenvalue weighted by Crippen LogP contribution is -2.36. The molecule has 29 heavy (non-hydrogen) atoms. The predicted molar refractivity (Wildman–Crippen MR) is 134 cm³/mol. The maximum Gasteiger partial charge on any atom is 0.177 e. The Hall–Kier alpha value is -0.975. The predicted octanol–water partition coefficient (Wildman–Crippen LogP) is 9.34. The average molecular weight is 394 g/mol. The van der Waals surface area contributed by atoms with Gasteiger partial charge in [0.1, 0.15) is 0 Å². The van der Waals surface area contributed by atoms with E-state index in [1.807, 2.05) is 5.47 Å². The van der Waals surface area contributed by atoms with Gasteiger partial charge in [-0.1, -0.05) is 145 Å². The van der Waals surface area contributed by atoms with Crippen LogP contribution >= 0.6 is 0 Å². The molecular weight excluding hydrogens is 347 g/mol. The van der Waals surface area contributed by atoms with Crippen molar-refractivity contribution in [2.75, 3.05) is 0 Å². The first-order valence-electron chi connectivity index (χ1n) is 12.6. The molecule has 1 aliphatic carbocycles. The summed E-state index contributed by atoms with van der Waals surface area (Å²) in [6.45, 7) is 17.9. The van der Waals surface area contributed by atoms with Crippen molar-refractivity contribution >= 4 is 12.3 Å². The highest BCUT2D eigenvalue weighted by atomic mass is 14.2. The van der Waals surface area contributed by atoms with E-state index in [0.29, 0.717) is 18.3 Å². The average Bonchev–Trinajstić information content (AvgIpc) is 2.85. The van der Waals surface area contributed by atoms with E-state index < -0.39 is 0 Å². The lowest BCUT2D eigenvalue weighted by atomic mass is 9.26. The van der Waals surface area contributed by atoms with E-state index in [4.69, 9.17) is 0 Å². The minimum atomic E-state index is 0.681. The minimum Gasteiger partial charge on any atom is -0.0941 e. The van der Waals surface area contributed by atoms with Crippen LogP contribution in [0.15, 0.2) is 35.8 Å². The summed E-state index contributed by atoms with van der Waals surface area (Å²) in [5.74, 6) is 3.63. The second-order valence-corrected chi connectivity index (χ2v) is 10.6. The molecule has 2 atom stereocenters. The van der Waals surface area contributed by atoms with Crippen molar-refractivity contribution in [1.82, 2.24) is 0 Å². The van der Waals surface area contributed by atoms with Crippen LogP contribution in [0.3, 0.4) is 0 Å². The van der Waals surface area contributed by atoms with Crippen LogP contribution in [-0.4, -0.2) is 6.71 Å². The van der Waals surface area contributed by atoms with Gasteiger partial charge in [0.05, 0.1) is 0 Å². The Balaban J connectivity index is 2.59. The highest BCUT2D eigenvalue weighted by Crippen LogP contribution is 2.44. The van der Waals surface area contributed by atoms with Gasteiger partial charge in [0.15, 0.2) is 6.71 Å². The molecule has 1 aliphatic rings. The van der Waals surface area contributed by atoms with Crippen molar-refractivity contribution in [2.24, 2.45) is 17.8 Å². The molecule has 0 N–H and O–H groups in total. The molecule has 2 rings (SSSR count). The van der Waals surface area contributed by atoms with E-state index in [1.54, 1.807) is 5.57 Å². The van der Waals surface area contributed by atoms with Crippen molar-refractivity contribution < 1.29 is 0 Å². The van der Waals surface area contributed by atoms with Crippen LogP contribution in [0.2, 0.25) is 11.6 Å². The zero-order chi connectivity index (χ0) is 21.4. The molecule has 0 nitrogen and oxygen atoms in total. The lowest BCUT2D eigenvalue weighted by Gasteiger charge is -2.38. The first-order valence-corrected chi connectivity index (χ1v) is 12.6. The molecule has 0 saturated heterocycles. The summed E-state index contributed by atoms with van der Waals surface area (Å²) in [6, 6.07) is 11.3. The Morgan fingerprint density at radius 1 is 0.724 bits per heavy atom. The van der Waals surface area contributed by atoms with Gasteiger partial charge in [-0.25, -0.2) is 0 Å². The summed E-state index contributed by atoms with van der Waals surface area (Å²) in [5, 5.41) is 0. The lowest BCUT2D eigenvalue weighted by molar-refractivity contribution is 0.490. The fourth-order valence-electron chi connectivity index (χ4n) is 5.50. The van der Waals surface area contributed by atoms with Gasteiger partial charge in [-0.05, 0) is 31.2 Å². The van der Waals surface area contributed by atoms with Crippen LogP contribution in [0, 0.1) is 17.8 Å². The summed E-state index contributed by atoms with van der Waals surface area (Å²) in [4.78, 5) is 0. The van der Waals surface area contributed by atoms with Crippen LogP contribution in [0.1, 0.15) is 105 Å². The molecule has 1 heteroatoms. The van der Waals surface area contributed by atoms with Crippen molar-refractivity contribution in [3.8, 4) is 0 Å². The van der Waals surface area contributed by atoms with E-state index in [2.05, 4.69) is 78.8 Å². The van der Waals surface area contributed by atoms with Gasteiger partial charge in [-0.2, -0.15) is 0 Å². The van der Waals surface area contributed by atoms with Crippen molar-refractivity contribution in [1.29, 1.82) is 0 Å². The van der Waals surface area contributed by atoms with Gasteiger partial charge >= 0.3 is 0 Å². The molecule has 2 unspecified atom stereocenters. The Morgan fingerprint density at radius 2 is 1.17 bits per heavy atom. The minimum absolute atomic E-state index is 0.681. The summed E-state index contributed by atoms with van der Waals surface area (Å²) >= 11 is 0. The molecule has 0 heterocycles. The smallest absolute Gasteiger partial charge is 0.0941 e. The maximum atomic E-state index is 2.53. The van der Waals surface area contributed by atoms with Crippen molar-refractivity contribution in [3.63, 3.8) is 0 Å². The van der Waals surface area contributed by atoms with Gasteiger partial charge in [-0.15, -0.1) is 0 Å². The zero-order valence-electron chi connectivity index (χ0n) is 20.5. The first-order chi connectivity index (χ1) is 13.8. The molecule has 0 amide bonds. The van der Waals surface area contributed by atoms with E-state index in [1.165, 1.54) is 56.9 Å². The molecule has 1 aromatic carbocycles. The van der Waals surface area contributed by atoms with Gasteiger partial charge in [0.25, 0.3) is 0 Å². The molecule has 0 bridgehead atoms. The second kappa shape index (κ2) is 12.0. The highest BCUT2D eigenvalue weighted by Gasteiger charge is 2.38. The zero-order valence-corrected chi connectivity index (χ0v) is 20.5. The SMILES string of the molecule is C/C(=C(\B(C(C)C(C)C)C(C)C(C)C)C1CCCCCCCC1)c1ccccc1. The van der Waals surface area contributed by atoms with E-state index in [-0.39, 0.29) is 0 Å². The third kappa shape index (κ3) is 6.76. The Kier molecular flexibility index (Phi) is 10.1. The number of hydrogen-bond donors (Lipinski definition) is 0. The molecule has 1 aromatic rings. The third-order valence-electron chi connectivity index (χ3n) is 8.03. The monoisotopic (exact) mass is 394 g/mol. The fourth-order valence-corrected chi connectivity index (χ4v) is 5.50. The quantitative estimate of drug-likeness (QED) is 0.404. The Morgan fingerprint density at radius 3 is 1.62 bits per heavy atom. The molecule has 162 valence electrons. The van der Waals surface area contributed by atoms with Crippen molar-refractivity contribution in [2.45, 2.75) is 111 Å². The standard InChI is InChI=1S/C28H47B/c1-21(2)24(6)29(25(7)22(3)4)28(23(5)26-17-15-12-16-18-26)27-19-13-10-8-9-11-14-20-27/h12,15-18,21-22,24-25,27H,8-11,13-14,19-20H2,1-7H3/b28-23+. The van der Waals surface area contributed by atoms with E-state index in [9.17, 15) is 0 Å². The maximum absolute atomic E-state index is 2.53. The van der Waals surface area contributed by atoms with Crippen LogP contribution in [0.5, 0.6) is 0 Å². The summed E-state index contributed by atoms with van der Waals surface area (Å²) < 4.78 is 0. The van der Waals surface area contributed by atoms with Gasteiger partial charge in [0, 0.05) is 0 Å². The molecule has 0 spiro atoms.